The summed E-state index contributed by atoms with van der Waals surface area (Å²) in [4.78, 5) is 12.5. The first-order valence-corrected chi connectivity index (χ1v) is 6.40. The van der Waals surface area contributed by atoms with E-state index >= 15 is 0 Å². The van der Waals surface area contributed by atoms with Crippen molar-refractivity contribution in [3.8, 4) is 0 Å². The monoisotopic (exact) mass is 242 g/mol. The van der Waals surface area contributed by atoms with Gasteiger partial charge in [0, 0.05) is 11.3 Å². The zero-order chi connectivity index (χ0) is 11.8. The molecule has 0 aliphatic rings. The Kier molecular flexibility index (Phi) is 6.11. The van der Waals surface area contributed by atoms with Crippen LogP contribution in [0.1, 0.15) is 25.1 Å². The van der Waals surface area contributed by atoms with Gasteiger partial charge in [-0.25, -0.2) is 0 Å². The number of thiophene rings is 1. The van der Waals surface area contributed by atoms with E-state index in [1.54, 1.807) is 18.3 Å². The van der Waals surface area contributed by atoms with Gasteiger partial charge >= 0.3 is 5.97 Å². The molecule has 0 spiro atoms. The summed E-state index contributed by atoms with van der Waals surface area (Å²) in [5.41, 5.74) is 0. The predicted octanol–water partition coefficient (Wildman–Crippen LogP) is 2.65. The molecule has 4 heteroatoms. The Balaban J connectivity index is 2.10. The fraction of sp³-hybridized carbons (Fsp3) is 0.583. The van der Waals surface area contributed by atoms with Gasteiger partial charge in [0.15, 0.2) is 0 Å². The van der Waals surface area contributed by atoms with E-state index in [0.29, 0.717) is 19.6 Å². The van der Waals surface area contributed by atoms with Crippen LogP contribution in [-0.2, 0) is 20.7 Å². The first-order chi connectivity index (χ1) is 7.72. The molecule has 0 aliphatic heterocycles. The zero-order valence-electron chi connectivity index (χ0n) is 9.77. The molecule has 0 fully saturated rings. The van der Waals surface area contributed by atoms with Gasteiger partial charge in [0.1, 0.15) is 0 Å². The van der Waals surface area contributed by atoms with Crippen molar-refractivity contribution in [3.63, 3.8) is 0 Å². The van der Waals surface area contributed by atoms with Crippen LogP contribution in [0, 0.1) is 0 Å². The Labute approximate surface area is 100 Å². The summed E-state index contributed by atoms with van der Waals surface area (Å²) in [6.07, 6.45) is 1.17. The molecule has 0 bridgehead atoms. The first-order valence-electron chi connectivity index (χ1n) is 5.52. The third kappa shape index (κ3) is 5.28. The fourth-order valence-electron chi connectivity index (χ4n) is 1.33. The van der Waals surface area contributed by atoms with Crippen LogP contribution in [0.2, 0.25) is 0 Å². The minimum absolute atomic E-state index is 0.0704. The van der Waals surface area contributed by atoms with Gasteiger partial charge in [-0.3, -0.25) is 4.79 Å². The van der Waals surface area contributed by atoms with Crippen molar-refractivity contribution in [2.45, 2.75) is 32.8 Å². The molecule has 0 aliphatic carbocycles. The van der Waals surface area contributed by atoms with Crippen molar-refractivity contribution in [2.75, 3.05) is 13.2 Å². The van der Waals surface area contributed by atoms with Crippen LogP contribution in [0.25, 0.3) is 0 Å². The Morgan fingerprint density at radius 1 is 1.56 bits per heavy atom. The Morgan fingerprint density at radius 2 is 2.38 bits per heavy atom. The van der Waals surface area contributed by atoms with Crippen molar-refractivity contribution in [1.82, 2.24) is 0 Å². The van der Waals surface area contributed by atoms with Gasteiger partial charge < -0.3 is 9.47 Å². The lowest BCUT2D eigenvalue weighted by molar-refractivity contribution is -0.145. The van der Waals surface area contributed by atoms with Crippen molar-refractivity contribution < 1.29 is 14.3 Å². The number of rotatable bonds is 7. The Bertz CT molecular complexity index is 295. The highest BCUT2D eigenvalue weighted by Gasteiger charge is 2.09. The molecule has 1 aromatic heterocycles. The van der Waals surface area contributed by atoms with E-state index in [1.807, 2.05) is 13.0 Å². The molecule has 1 unspecified atom stereocenters. The third-order valence-corrected chi connectivity index (χ3v) is 3.03. The van der Waals surface area contributed by atoms with E-state index in [2.05, 4.69) is 11.4 Å². The van der Waals surface area contributed by atoms with E-state index in [4.69, 9.17) is 9.47 Å². The Hall–Kier alpha value is -0.870. The summed E-state index contributed by atoms with van der Waals surface area (Å²) >= 11 is 1.72. The van der Waals surface area contributed by atoms with Crippen LogP contribution >= 0.6 is 11.3 Å². The topological polar surface area (TPSA) is 35.5 Å². The lowest BCUT2D eigenvalue weighted by Gasteiger charge is -2.11. The van der Waals surface area contributed by atoms with Crippen LogP contribution in [0.3, 0.4) is 0 Å². The van der Waals surface area contributed by atoms with Crippen molar-refractivity contribution in [2.24, 2.45) is 0 Å². The fourth-order valence-corrected chi connectivity index (χ4v) is 2.02. The van der Waals surface area contributed by atoms with E-state index in [9.17, 15) is 4.79 Å². The molecule has 3 nitrogen and oxygen atoms in total. The second-order valence-corrected chi connectivity index (χ2v) is 4.55. The van der Waals surface area contributed by atoms with Crippen molar-refractivity contribution in [1.29, 1.82) is 0 Å². The zero-order valence-corrected chi connectivity index (χ0v) is 10.6. The van der Waals surface area contributed by atoms with Crippen molar-refractivity contribution >= 4 is 17.3 Å². The van der Waals surface area contributed by atoms with E-state index in [0.717, 1.165) is 6.42 Å². The molecule has 0 amide bonds. The van der Waals surface area contributed by atoms with Crippen LogP contribution in [0.4, 0.5) is 0 Å². The lowest BCUT2D eigenvalue weighted by atomic mass is 10.3. The molecular weight excluding hydrogens is 224 g/mol. The molecule has 1 atom stereocenters. The highest BCUT2D eigenvalue weighted by atomic mass is 32.1. The molecule has 0 saturated heterocycles. The van der Waals surface area contributed by atoms with Gasteiger partial charge in [-0.15, -0.1) is 11.3 Å². The normalized spacial score (nSPS) is 12.4. The summed E-state index contributed by atoms with van der Waals surface area (Å²) in [6, 6.07) is 4.12. The van der Waals surface area contributed by atoms with Crippen LogP contribution in [0.15, 0.2) is 17.5 Å². The van der Waals surface area contributed by atoms with Gasteiger partial charge in [0.05, 0.1) is 25.7 Å². The highest BCUT2D eigenvalue weighted by molar-refractivity contribution is 7.09. The molecule has 1 heterocycles. The van der Waals surface area contributed by atoms with Crippen LogP contribution in [-0.4, -0.2) is 25.3 Å². The molecule has 1 rings (SSSR count). The number of hydrogen-bond donors (Lipinski definition) is 0. The summed E-state index contributed by atoms with van der Waals surface area (Å²) in [6.45, 7) is 4.79. The minimum atomic E-state index is -0.189. The van der Waals surface area contributed by atoms with Gasteiger partial charge in [-0.2, -0.15) is 0 Å². The smallest absolute Gasteiger partial charge is 0.308 e. The standard InChI is InChI=1S/C12H18O3S/c1-3-14-12(13)9-10(2)15-7-6-11-5-4-8-16-11/h4-5,8,10H,3,6-7,9H2,1-2H3. The minimum Gasteiger partial charge on any atom is -0.466 e. The third-order valence-electron chi connectivity index (χ3n) is 2.09. The predicted molar refractivity (Wildman–Crippen MR) is 64.7 cm³/mol. The Morgan fingerprint density at radius 3 is 3.00 bits per heavy atom. The average molecular weight is 242 g/mol. The van der Waals surface area contributed by atoms with Crippen LogP contribution < -0.4 is 0 Å². The summed E-state index contributed by atoms with van der Waals surface area (Å²) < 4.78 is 10.4. The van der Waals surface area contributed by atoms with E-state index in [-0.39, 0.29) is 12.1 Å². The lowest BCUT2D eigenvalue weighted by Crippen LogP contribution is -2.17. The molecule has 1 aromatic rings. The SMILES string of the molecule is CCOC(=O)CC(C)OCCc1cccs1. The molecule has 90 valence electrons. The van der Waals surface area contributed by atoms with Crippen molar-refractivity contribution in [3.05, 3.63) is 22.4 Å². The number of esters is 1. The maximum Gasteiger partial charge on any atom is 0.308 e. The van der Waals surface area contributed by atoms with Gasteiger partial charge in [0.2, 0.25) is 0 Å². The molecule has 0 radical (unpaired) electrons. The quantitative estimate of drug-likeness (QED) is 0.690. The molecular formula is C12H18O3S. The number of carbonyl (C=O) groups is 1. The van der Waals surface area contributed by atoms with E-state index < -0.39 is 0 Å². The first kappa shape index (κ1) is 13.2. The highest BCUT2D eigenvalue weighted by Crippen LogP contribution is 2.10. The van der Waals surface area contributed by atoms with Crippen LogP contribution in [0.5, 0.6) is 0 Å². The average Bonchev–Trinajstić information content (AvgIpc) is 2.70. The molecule has 0 saturated carbocycles. The molecule has 0 N–H and O–H groups in total. The number of hydrogen-bond acceptors (Lipinski definition) is 4. The summed E-state index contributed by atoms with van der Waals surface area (Å²) in [5.74, 6) is -0.189. The number of ether oxygens (including phenoxy) is 2. The largest absolute Gasteiger partial charge is 0.466 e. The number of carbonyl (C=O) groups excluding carboxylic acids is 1. The summed E-state index contributed by atoms with van der Waals surface area (Å²) in [5, 5.41) is 2.05. The maximum atomic E-state index is 11.1. The van der Waals surface area contributed by atoms with Gasteiger partial charge in [-0.1, -0.05) is 6.07 Å². The molecule has 0 aromatic carbocycles. The van der Waals surface area contributed by atoms with E-state index in [1.165, 1.54) is 4.88 Å². The second-order valence-electron chi connectivity index (χ2n) is 3.52. The van der Waals surface area contributed by atoms with Gasteiger partial charge in [0.25, 0.3) is 0 Å². The summed E-state index contributed by atoms with van der Waals surface area (Å²) in [7, 11) is 0. The maximum absolute atomic E-state index is 11.1. The van der Waals surface area contributed by atoms with Gasteiger partial charge in [-0.05, 0) is 25.3 Å². The molecule has 16 heavy (non-hydrogen) atoms. The second kappa shape index (κ2) is 7.41.